The van der Waals surface area contributed by atoms with Gasteiger partial charge in [0.05, 0.1) is 22.4 Å². The number of nitrogens with one attached hydrogen (secondary N) is 1. The Kier molecular flexibility index (Phi) is 1.62. The highest BCUT2D eigenvalue weighted by molar-refractivity contribution is 5.85. The number of hydrogen-bond acceptors (Lipinski definition) is 3. The van der Waals surface area contributed by atoms with Gasteiger partial charge < -0.3 is 16.5 Å². The van der Waals surface area contributed by atoms with Crippen molar-refractivity contribution in [1.82, 2.24) is 9.97 Å². The van der Waals surface area contributed by atoms with E-state index in [-0.39, 0.29) is 0 Å². The number of imidazole rings is 1. The molecule has 1 heterocycles. The van der Waals surface area contributed by atoms with E-state index >= 15 is 0 Å². The SMILES string of the molecule is CCc1nc2cc(N)c(N)cc2[nH]1. The Morgan fingerprint density at radius 1 is 1.31 bits per heavy atom. The fraction of sp³-hybridized carbons (Fsp3) is 0.222. The number of nitrogens with zero attached hydrogens (tertiary/aromatic N) is 1. The minimum absolute atomic E-state index is 0.585. The quantitative estimate of drug-likeness (QED) is 0.573. The van der Waals surface area contributed by atoms with Crippen LogP contribution in [0.3, 0.4) is 0 Å². The van der Waals surface area contributed by atoms with Crippen LogP contribution >= 0.6 is 0 Å². The predicted octanol–water partition coefficient (Wildman–Crippen LogP) is 1.29. The molecule has 0 amide bonds. The van der Waals surface area contributed by atoms with Crippen molar-refractivity contribution in [2.75, 3.05) is 11.5 Å². The number of aryl methyl sites for hydroxylation is 1. The first-order valence-electron chi connectivity index (χ1n) is 4.24. The minimum atomic E-state index is 0.585. The maximum Gasteiger partial charge on any atom is 0.106 e. The second kappa shape index (κ2) is 2.65. The normalized spacial score (nSPS) is 10.8. The van der Waals surface area contributed by atoms with Crippen molar-refractivity contribution in [1.29, 1.82) is 0 Å². The van der Waals surface area contributed by atoms with E-state index in [0.29, 0.717) is 11.4 Å². The molecule has 0 atom stereocenters. The zero-order valence-electron chi connectivity index (χ0n) is 7.46. The number of aromatic amines is 1. The third-order valence-electron chi connectivity index (χ3n) is 2.07. The van der Waals surface area contributed by atoms with E-state index in [1.807, 2.05) is 13.0 Å². The summed E-state index contributed by atoms with van der Waals surface area (Å²) < 4.78 is 0. The molecule has 4 heteroatoms. The molecule has 4 nitrogen and oxygen atoms in total. The summed E-state index contributed by atoms with van der Waals surface area (Å²) in [6, 6.07) is 3.61. The molecule has 0 radical (unpaired) electrons. The molecule has 0 aliphatic heterocycles. The molecule has 0 aliphatic carbocycles. The van der Waals surface area contributed by atoms with E-state index in [1.54, 1.807) is 6.07 Å². The Morgan fingerprint density at radius 2 is 2.00 bits per heavy atom. The molecular formula is C9H12N4. The van der Waals surface area contributed by atoms with Crippen molar-refractivity contribution in [3.8, 4) is 0 Å². The summed E-state index contributed by atoms with van der Waals surface area (Å²) in [5, 5.41) is 0. The van der Waals surface area contributed by atoms with Crippen LogP contribution in [-0.4, -0.2) is 9.97 Å². The van der Waals surface area contributed by atoms with E-state index in [1.165, 1.54) is 0 Å². The summed E-state index contributed by atoms with van der Waals surface area (Å²) in [6.45, 7) is 2.05. The number of hydrogen-bond donors (Lipinski definition) is 3. The smallest absolute Gasteiger partial charge is 0.106 e. The standard InChI is InChI=1S/C9H12N4/c1-2-9-12-7-3-5(10)6(11)4-8(7)13-9/h3-4H,2,10-11H2,1H3,(H,12,13). The van der Waals surface area contributed by atoms with E-state index in [9.17, 15) is 0 Å². The Morgan fingerprint density at radius 3 is 2.69 bits per heavy atom. The van der Waals surface area contributed by atoms with Crippen LogP contribution in [-0.2, 0) is 6.42 Å². The van der Waals surface area contributed by atoms with Crippen LogP contribution in [0, 0.1) is 0 Å². The lowest BCUT2D eigenvalue weighted by Crippen LogP contribution is -1.93. The molecule has 0 saturated heterocycles. The van der Waals surface area contributed by atoms with Gasteiger partial charge in [-0.3, -0.25) is 0 Å². The molecule has 0 spiro atoms. The summed E-state index contributed by atoms with van der Waals surface area (Å²) in [4.78, 5) is 7.51. The number of nitrogens with two attached hydrogens (primary N) is 2. The van der Waals surface area contributed by atoms with Crippen molar-refractivity contribution >= 4 is 22.4 Å². The lowest BCUT2D eigenvalue weighted by molar-refractivity contribution is 1.00. The molecule has 68 valence electrons. The average molecular weight is 176 g/mol. The molecule has 0 aliphatic rings. The lowest BCUT2D eigenvalue weighted by atomic mass is 10.2. The number of aromatic nitrogens is 2. The molecule has 2 rings (SSSR count). The van der Waals surface area contributed by atoms with E-state index in [2.05, 4.69) is 9.97 Å². The number of fused-ring (bicyclic) bond motifs is 1. The van der Waals surface area contributed by atoms with Crippen LogP contribution in [0.4, 0.5) is 11.4 Å². The Bertz CT molecular complexity index is 405. The van der Waals surface area contributed by atoms with Crippen molar-refractivity contribution in [2.45, 2.75) is 13.3 Å². The first kappa shape index (κ1) is 7.91. The third kappa shape index (κ3) is 1.20. The highest BCUT2D eigenvalue weighted by Crippen LogP contribution is 2.21. The number of rotatable bonds is 1. The van der Waals surface area contributed by atoms with Gasteiger partial charge in [0.2, 0.25) is 0 Å². The fourth-order valence-electron chi connectivity index (χ4n) is 1.31. The lowest BCUT2D eigenvalue weighted by Gasteiger charge is -1.97. The van der Waals surface area contributed by atoms with Crippen LogP contribution < -0.4 is 11.5 Å². The monoisotopic (exact) mass is 176 g/mol. The maximum absolute atomic E-state index is 5.66. The number of anilines is 2. The van der Waals surface area contributed by atoms with Gasteiger partial charge in [0.1, 0.15) is 5.82 Å². The third-order valence-corrected chi connectivity index (χ3v) is 2.07. The van der Waals surface area contributed by atoms with Crippen LogP contribution in [0.25, 0.3) is 11.0 Å². The summed E-state index contributed by atoms with van der Waals surface area (Å²) in [7, 11) is 0. The summed E-state index contributed by atoms with van der Waals surface area (Å²) >= 11 is 0. The van der Waals surface area contributed by atoms with E-state index < -0.39 is 0 Å². The molecule has 5 N–H and O–H groups in total. The van der Waals surface area contributed by atoms with Gasteiger partial charge in [-0.15, -0.1) is 0 Å². The van der Waals surface area contributed by atoms with Gasteiger partial charge in [-0.25, -0.2) is 4.98 Å². The Hall–Kier alpha value is -1.71. The molecule has 0 unspecified atom stereocenters. The van der Waals surface area contributed by atoms with Crippen molar-refractivity contribution in [3.05, 3.63) is 18.0 Å². The maximum atomic E-state index is 5.66. The number of H-pyrrole nitrogens is 1. The summed E-state index contributed by atoms with van der Waals surface area (Å²) in [5.74, 6) is 0.958. The topological polar surface area (TPSA) is 80.7 Å². The molecule has 13 heavy (non-hydrogen) atoms. The molecule has 0 saturated carbocycles. The largest absolute Gasteiger partial charge is 0.397 e. The first-order chi connectivity index (χ1) is 6.20. The zero-order chi connectivity index (χ0) is 9.42. The minimum Gasteiger partial charge on any atom is -0.397 e. The van der Waals surface area contributed by atoms with Crippen molar-refractivity contribution in [3.63, 3.8) is 0 Å². The number of nitrogen functional groups attached to an aromatic ring is 2. The molecule has 0 bridgehead atoms. The molecule has 1 aromatic carbocycles. The van der Waals surface area contributed by atoms with Crippen LogP contribution in [0.5, 0.6) is 0 Å². The van der Waals surface area contributed by atoms with E-state index in [4.69, 9.17) is 11.5 Å². The highest BCUT2D eigenvalue weighted by Gasteiger charge is 2.03. The molecule has 0 fully saturated rings. The first-order valence-corrected chi connectivity index (χ1v) is 4.24. The van der Waals surface area contributed by atoms with Crippen LogP contribution in [0.1, 0.15) is 12.7 Å². The van der Waals surface area contributed by atoms with Gasteiger partial charge in [-0.05, 0) is 12.1 Å². The second-order valence-electron chi connectivity index (χ2n) is 3.04. The fourth-order valence-corrected chi connectivity index (χ4v) is 1.31. The molecular weight excluding hydrogens is 164 g/mol. The van der Waals surface area contributed by atoms with Gasteiger partial charge in [-0.1, -0.05) is 6.92 Å². The Labute approximate surface area is 76.0 Å². The summed E-state index contributed by atoms with van der Waals surface area (Å²) in [5.41, 5.74) is 14.3. The van der Waals surface area contributed by atoms with Gasteiger partial charge in [0.25, 0.3) is 0 Å². The van der Waals surface area contributed by atoms with Gasteiger partial charge in [0, 0.05) is 6.42 Å². The molecule has 2 aromatic rings. The zero-order valence-corrected chi connectivity index (χ0v) is 7.46. The van der Waals surface area contributed by atoms with Crippen molar-refractivity contribution < 1.29 is 0 Å². The van der Waals surface area contributed by atoms with E-state index in [0.717, 1.165) is 23.3 Å². The Balaban J connectivity index is 2.70. The summed E-state index contributed by atoms with van der Waals surface area (Å²) in [6.07, 6.45) is 0.883. The van der Waals surface area contributed by atoms with Crippen LogP contribution in [0.2, 0.25) is 0 Å². The van der Waals surface area contributed by atoms with Gasteiger partial charge >= 0.3 is 0 Å². The number of benzene rings is 1. The second-order valence-corrected chi connectivity index (χ2v) is 3.04. The van der Waals surface area contributed by atoms with Gasteiger partial charge in [0.15, 0.2) is 0 Å². The predicted molar refractivity (Wildman–Crippen MR) is 54.3 cm³/mol. The van der Waals surface area contributed by atoms with Crippen LogP contribution in [0.15, 0.2) is 12.1 Å². The highest BCUT2D eigenvalue weighted by atomic mass is 14.9. The van der Waals surface area contributed by atoms with Gasteiger partial charge in [-0.2, -0.15) is 0 Å². The van der Waals surface area contributed by atoms with Crippen molar-refractivity contribution in [2.24, 2.45) is 0 Å². The molecule has 1 aromatic heterocycles. The average Bonchev–Trinajstić information content (AvgIpc) is 2.48.